The van der Waals surface area contributed by atoms with Crippen molar-refractivity contribution in [2.75, 3.05) is 0 Å². The molecule has 0 aromatic heterocycles. The lowest BCUT2D eigenvalue weighted by molar-refractivity contribution is -0.387. The Labute approximate surface area is 78.7 Å². The lowest BCUT2D eigenvalue weighted by Gasteiger charge is -1.94. The number of rotatable bonds is 1. The van der Waals surface area contributed by atoms with Crippen LogP contribution in [0.5, 0.6) is 0 Å². The first-order valence-electron chi connectivity index (χ1n) is 3.50. The van der Waals surface area contributed by atoms with Crippen LogP contribution < -0.4 is 0 Å². The second-order valence-corrected chi connectivity index (χ2v) is 2.26. The Morgan fingerprint density at radius 2 is 2.21 bits per heavy atom. The highest BCUT2D eigenvalue weighted by molar-refractivity contribution is 5.46. The fourth-order valence-electron chi connectivity index (χ4n) is 0.853. The molecule has 4 nitrogen and oxygen atoms in total. The molecule has 0 aliphatic rings. The van der Waals surface area contributed by atoms with E-state index in [9.17, 15) is 14.5 Å². The average Bonchev–Trinajstić information content (AvgIpc) is 2.16. The highest BCUT2D eigenvalue weighted by Gasteiger charge is 2.15. The van der Waals surface area contributed by atoms with E-state index in [1.54, 1.807) is 0 Å². The summed E-state index contributed by atoms with van der Waals surface area (Å²) in [5.41, 5.74) is -0.796. The fourth-order valence-corrected chi connectivity index (χ4v) is 0.853. The molecule has 0 unspecified atom stereocenters. The van der Waals surface area contributed by atoms with Crippen LogP contribution >= 0.6 is 0 Å². The van der Waals surface area contributed by atoms with E-state index in [-0.39, 0.29) is 5.56 Å². The summed E-state index contributed by atoms with van der Waals surface area (Å²) in [6.45, 7) is 0. The Kier molecular flexibility index (Phi) is 2.78. The van der Waals surface area contributed by atoms with Gasteiger partial charge in [-0.3, -0.25) is 10.1 Å². The zero-order valence-electron chi connectivity index (χ0n) is 6.82. The van der Waals surface area contributed by atoms with Gasteiger partial charge in [-0.15, -0.1) is 0 Å². The topological polar surface area (TPSA) is 66.9 Å². The first-order chi connectivity index (χ1) is 6.66. The summed E-state index contributed by atoms with van der Waals surface area (Å²) in [4.78, 5) is 9.46. The summed E-state index contributed by atoms with van der Waals surface area (Å²) >= 11 is 0. The standard InChI is InChI=1S/C9H3FN2O2/c10-9-7(4-2-6-11)3-1-5-8(9)12(13)14/h1,3,5H. The molecule has 0 aliphatic carbocycles. The molecule has 0 fully saturated rings. The predicted molar refractivity (Wildman–Crippen MR) is 45.5 cm³/mol. The molecule has 68 valence electrons. The second kappa shape index (κ2) is 4.01. The highest BCUT2D eigenvalue weighted by atomic mass is 19.1. The van der Waals surface area contributed by atoms with Gasteiger partial charge in [-0.05, 0) is 12.0 Å². The molecule has 0 amide bonds. The molecular formula is C9H3FN2O2. The van der Waals surface area contributed by atoms with Crippen LogP contribution in [-0.4, -0.2) is 4.92 Å². The van der Waals surface area contributed by atoms with E-state index in [1.165, 1.54) is 18.2 Å². The number of nitrogens with zero attached hydrogens (tertiary/aromatic N) is 2. The Morgan fingerprint density at radius 1 is 1.50 bits per heavy atom. The van der Waals surface area contributed by atoms with Crippen molar-refractivity contribution in [1.82, 2.24) is 0 Å². The van der Waals surface area contributed by atoms with Gasteiger partial charge in [0.2, 0.25) is 5.82 Å². The maximum Gasteiger partial charge on any atom is 0.306 e. The van der Waals surface area contributed by atoms with Crippen LogP contribution in [0.1, 0.15) is 5.56 Å². The third-order valence-corrected chi connectivity index (χ3v) is 1.43. The average molecular weight is 190 g/mol. The molecule has 1 aromatic carbocycles. The summed E-state index contributed by atoms with van der Waals surface area (Å²) in [7, 11) is 0. The highest BCUT2D eigenvalue weighted by Crippen LogP contribution is 2.18. The maximum absolute atomic E-state index is 13.2. The van der Waals surface area contributed by atoms with Crippen LogP contribution in [0.25, 0.3) is 0 Å². The quantitative estimate of drug-likeness (QED) is 0.383. The number of hydrogen-bond acceptors (Lipinski definition) is 3. The minimum atomic E-state index is -1.01. The Hall–Kier alpha value is -2.40. The zero-order chi connectivity index (χ0) is 10.6. The third-order valence-electron chi connectivity index (χ3n) is 1.43. The molecule has 0 bridgehead atoms. The first kappa shape index (κ1) is 9.69. The van der Waals surface area contributed by atoms with Gasteiger partial charge in [0, 0.05) is 12.0 Å². The smallest absolute Gasteiger partial charge is 0.258 e. The van der Waals surface area contributed by atoms with E-state index in [1.807, 2.05) is 5.92 Å². The monoisotopic (exact) mass is 190 g/mol. The fraction of sp³-hybridized carbons (Fsp3) is 0. The molecule has 0 radical (unpaired) electrons. The van der Waals surface area contributed by atoms with Gasteiger partial charge in [0.1, 0.15) is 0 Å². The molecular weight excluding hydrogens is 187 g/mol. The third kappa shape index (κ3) is 1.85. The largest absolute Gasteiger partial charge is 0.306 e. The summed E-state index contributed by atoms with van der Waals surface area (Å²) in [5.74, 6) is 3.12. The van der Waals surface area contributed by atoms with Gasteiger partial charge in [-0.25, -0.2) is 0 Å². The van der Waals surface area contributed by atoms with Gasteiger partial charge in [-0.1, -0.05) is 6.07 Å². The molecule has 0 heterocycles. The molecule has 0 spiro atoms. The summed E-state index contributed by atoms with van der Waals surface area (Å²) < 4.78 is 13.2. The van der Waals surface area contributed by atoms with E-state index < -0.39 is 16.4 Å². The van der Waals surface area contributed by atoms with Crippen LogP contribution in [0.4, 0.5) is 10.1 Å². The van der Waals surface area contributed by atoms with Crippen molar-refractivity contribution in [3.8, 4) is 17.9 Å². The minimum Gasteiger partial charge on any atom is -0.258 e. The zero-order valence-corrected chi connectivity index (χ0v) is 6.82. The molecule has 0 atom stereocenters. The van der Waals surface area contributed by atoms with Crippen LogP contribution in [0.15, 0.2) is 18.2 Å². The van der Waals surface area contributed by atoms with Gasteiger partial charge in [0.15, 0.2) is 6.07 Å². The number of nitriles is 1. The summed E-state index contributed by atoms with van der Waals surface area (Å²) in [6.07, 6.45) is 0. The molecule has 5 heteroatoms. The summed E-state index contributed by atoms with van der Waals surface area (Å²) in [6, 6.07) is 5.11. The molecule has 14 heavy (non-hydrogen) atoms. The van der Waals surface area contributed by atoms with E-state index in [0.29, 0.717) is 0 Å². The van der Waals surface area contributed by atoms with Gasteiger partial charge in [-0.2, -0.15) is 9.65 Å². The first-order valence-corrected chi connectivity index (χ1v) is 3.50. The van der Waals surface area contributed by atoms with Gasteiger partial charge < -0.3 is 0 Å². The Balaban J connectivity index is 3.29. The Morgan fingerprint density at radius 3 is 2.79 bits per heavy atom. The molecule has 1 aromatic rings. The van der Waals surface area contributed by atoms with Gasteiger partial charge in [0.25, 0.3) is 0 Å². The van der Waals surface area contributed by atoms with Gasteiger partial charge in [0.05, 0.1) is 10.5 Å². The van der Waals surface area contributed by atoms with E-state index >= 15 is 0 Å². The van der Waals surface area contributed by atoms with Crippen LogP contribution in [0.2, 0.25) is 0 Å². The van der Waals surface area contributed by atoms with Gasteiger partial charge >= 0.3 is 5.69 Å². The number of halogens is 1. The molecule has 0 aliphatic heterocycles. The van der Waals surface area contributed by atoms with Crippen LogP contribution in [0.3, 0.4) is 0 Å². The number of benzene rings is 1. The Bertz CT molecular complexity index is 480. The van der Waals surface area contributed by atoms with Crippen molar-refractivity contribution in [2.45, 2.75) is 0 Å². The lowest BCUT2D eigenvalue weighted by atomic mass is 10.2. The molecule has 0 saturated carbocycles. The normalized spacial score (nSPS) is 8.29. The second-order valence-electron chi connectivity index (χ2n) is 2.26. The molecule has 0 N–H and O–H groups in total. The predicted octanol–water partition coefficient (Wildman–Crippen LogP) is 1.61. The van der Waals surface area contributed by atoms with Crippen molar-refractivity contribution in [3.05, 3.63) is 39.7 Å². The van der Waals surface area contributed by atoms with Crippen molar-refractivity contribution in [3.63, 3.8) is 0 Å². The number of nitro benzene ring substituents is 1. The minimum absolute atomic E-state index is 0.152. The van der Waals surface area contributed by atoms with Crippen LogP contribution in [-0.2, 0) is 0 Å². The van der Waals surface area contributed by atoms with E-state index in [0.717, 1.165) is 6.07 Å². The SMILES string of the molecule is N#CC#Cc1cccc([N+](=O)[O-])c1F. The maximum atomic E-state index is 13.2. The number of nitro groups is 1. The van der Waals surface area contributed by atoms with Crippen molar-refractivity contribution in [2.24, 2.45) is 0 Å². The van der Waals surface area contributed by atoms with E-state index in [4.69, 9.17) is 5.26 Å². The summed E-state index contributed by atoms with van der Waals surface area (Å²) in [5, 5.41) is 18.4. The number of hydrogen-bond donors (Lipinski definition) is 0. The van der Waals surface area contributed by atoms with Crippen molar-refractivity contribution >= 4 is 5.69 Å². The van der Waals surface area contributed by atoms with E-state index in [2.05, 4.69) is 5.92 Å². The molecule has 1 rings (SSSR count). The molecule has 0 saturated heterocycles. The lowest BCUT2D eigenvalue weighted by Crippen LogP contribution is -1.94. The van der Waals surface area contributed by atoms with Crippen LogP contribution in [0, 0.1) is 39.1 Å². The van der Waals surface area contributed by atoms with Crippen molar-refractivity contribution in [1.29, 1.82) is 5.26 Å². The van der Waals surface area contributed by atoms with Crippen molar-refractivity contribution < 1.29 is 9.31 Å².